The molecule has 1 heterocycles. The summed E-state index contributed by atoms with van der Waals surface area (Å²) in [4.78, 5) is 12.3. The van der Waals surface area contributed by atoms with Crippen molar-refractivity contribution in [3.63, 3.8) is 0 Å². The van der Waals surface area contributed by atoms with Crippen LogP contribution in [0.3, 0.4) is 0 Å². The Kier molecular flexibility index (Phi) is 5.99. The lowest BCUT2D eigenvalue weighted by Crippen LogP contribution is -2.11. The van der Waals surface area contributed by atoms with Crippen LogP contribution in [0.25, 0.3) is 0 Å². The van der Waals surface area contributed by atoms with Gasteiger partial charge >= 0.3 is 0 Å². The average Bonchev–Trinajstić information content (AvgIpc) is 3.08. The molecule has 0 fully saturated rings. The van der Waals surface area contributed by atoms with E-state index < -0.39 is 5.91 Å². The lowest BCUT2D eigenvalue weighted by Gasteiger charge is -2.08. The summed E-state index contributed by atoms with van der Waals surface area (Å²) in [5.41, 5.74) is 0.320. The van der Waals surface area contributed by atoms with Crippen molar-refractivity contribution in [2.75, 3.05) is 5.32 Å². The van der Waals surface area contributed by atoms with Gasteiger partial charge in [-0.05, 0) is 36.4 Å². The van der Waals surface area contributed by atoms with Gasteiger partial charge in [-0.2, -0.15) is 0 Å². The summed E-state index contributed by atoms with van der Waals surface area (Å²) in [6, 6.07) is 13.1. The highest BCUT2D eigenvalue weighted by Crippen LogP contribution is 2.32. The summed E-state index contributed by atoms with van der Waals surface area (Å²) < 4.78 is 11.1. The third-order valence-electron chi connectivity index (χ3n) is 3.37. The molecule has 0 aliphatic heterocycles. The maximum Gasteiger partial charge on any atom is 0.291 e. The number of anilines is 1. The van der Waals surface area contributed by atoms with Crippen molar-refractivity contribution in [3.05, 3.63) is 80.1 Å². The van der Waals surface area contributed by atoms with Gasteiger partial charge in [0.15, 0.2) is 5.76 Å². The zero-order valence-electron chi connectivity index (χ0n) is 13.1. The number of hydrogen-bond acceptors (Lipinski definition) is 3. The quantitative estimate of drug-likeness (QED) is 0.488. The smallest absolute Gasteiger partial charge is 0.291 e. The molecule has 0 saturated heterocycles. The highest BCUT2D eigenvalue weighted by atomic mass is 35.5. The number of hydrogen-bond donors (Lipinski definition) is 1. The number of amides is 1. The van der Waals surface area contributed by atoms with Crippen LogP contribution in [-0.2, 0) is 6.61 Å². The average molecular weight is 431 g/mol. The summed E-state index contributed by atoms with van der Waals surface area (Å²) in [5.74, 6) is 0.477. The van der Waals surface area contributed by atoms with Crippen molar-refractivity contribution in [1.82, 2.24) is 0 Å². The summed E-state index contributed by atoms with van der Waals surface area (Å²) in [7, 11) is 0. The Morgan fingerprint density at radius 2 is 1.58 bits per heavy atom. The number of rotatable bonds is 5. The van der Waals surface area contributed by atoms with Gasteiger partial charge in [-0.1, -0.05) is 58.5 Å². The van der Waals surface area contributed by atoms with E-state index in [0.29, 0.717) is 37.3 Å². The topological polar surface area (TPSA) is 51.5 Å². The van der Waals surface area contributed by atoms with Gasteiger partial charge in [0, 0.05) is 0 Å². The van der Waals surface area contributed by atoms with E-state index in [1.165, 1.54) is 6.07 Å². The number of carbonyl (C=O) groups excluding carboxylic acids is 1. The molecule has 0 radical (unpaired) electrons. The molecule has 0 unspecified atom stereocenters. The molecule has 1 amide bonds. The van der Waals surface area contributed by atoms with Crippen molar-refractivity contribution >= 4 is 58.0 Å². The third kappa shape index (κ3) is 4.27. The first-order valence-corrected chi connectivity index (χ1v) is 8.88. The molecule has 4 nitrogen and oxygen atoms in total. The van der Waals surface area contributed by atoms with Crippen LogP contribution in [0.2, 0.25) is 20.1 Å². The van der Waals surface area contributed by atoms with Gasteiger partial charge in [-0.25, -0.2) is 0 Å². The van der Waals surface area contributed by atoms with Crippen molar-refractivity contribution in [1.29, 1.82) is 0 Å². The molecule has 134 valence electrons. The Balaban J connectivity index is 1.67. The van der Waals surface area contributed by atoms with E-state index in [0.717, 1.165) is 0 Å². The molecule has 0 spiro atoms. The molecule has 2 aromatic carbocycles. The van der Waals surface area contributed by atoms with Crippen LogP contribution in [0, 0.1) is 0 Å². The van der Waals surface area contributed by atoms with E-state index in [2.05, 4.69) is 5.32 Å². The zero-order valence-corrected chi connectivity index (χ0v) is 16.1. The molecular formula is C18H11Cl4NO3. The normalized spacial score (nSPS) is 10.6. The fraction of sp³-hybridized carbons (Fsp3) is 0.0556. The molecule has 0 atom stereocenters. The molecule has 0 aliphatic carbocycles. The Hall–Kier alpha value is -1.85. The predicted molar refractivity (Wildman–Crippen MR) is 104 cm³/mol. The minimum atomic E-state index is -0.480. The molecule has 3 rings (SSSR count). The number of halogens is 4. The lowest BCUT2D eigenvalue weighted by atomic mass is 10.3. The van der Waals surface area contributed by atoms with Crippen molar-refractivity contribution in [3.8, 4) is 5.75 Å². The second-order valence-electron chi connectivity index (χ2n) is 5.16. The summed E-state index contributed by atoms with van der Waals surface area (Å²) in [6.45, 7) is 0.0835. The highest BCUT2D eigenvalue weighted by Gasteiger charge is 2.15. The number of benzene rings is 2. The zero-order chi connectivity index (χ0) is 18.7. The van der Waals surface area contributed by atoms with Crippen molar-refractivity contribution in [2.24, 2.45) is 0 Å². The van der Waals surface area contributed by atoms with Crippen LogP contribution in [0.1, 0.15) is 16.3 Å². The lowest BCUT2D eigenvalue weighted by molar-refractivity contribution is 0.0992. The van der Waals surface area contributed by atoms with Crippen LogP contribution in [0.5, 0.6) is 5.75 Å². The Labute approximate surface area is 169 Å². The van der Waals surface area contributed by atoms with E-state index in [-0.39, 0.29) is 12.4 Å². The van der Waals surface area contributed by atoms with Gasteiger partial charge in [0.2, 0.25) is 0 Å². The van der Waals surface area contributed by atoms with E-state index in [1.807, 2.05) is 0 Å². The summed E-state index contributed by atoms with van der Waals surface area (Å²) in [5, 5.41) is 3.98. The van der Waals surface area contributed by atoms with Gasteiger partial charge in [0.1, 0.15) is 23.1 Å². The molecule has 0 saturated carbocycles. The minimum absolute atomic E-state index is 0.0835. The largest absolute Gasteiger partial charge is 0.484 e. The number of carbonyl (C=O) groups is 1. The van der Waals surface area contributed by atoms with Gasteiger partial charge in [-0.3, -0.25) is 4.79 Å². The minimum Gasteiger partial charge on any atom is -0.484 e. The molecule has 0 bridgehead atoms. The van der Waals surface area contributed by atoms with Gasteiger partial charge in [-0.15, -0.1) is 0 Å². The number of ether oxygens (including phenoxy) is 1. The SMILES string of the molecule is O=C(Nc1c(Cl)cccc1Cl)c1ccc(COc2cccc(Cl)c2Cl)o1. The maximum absolute atomic E-state index is 12.3. The first kappa shape index (κ1) is 18.9. The Bertz CT molecular complexity index is 935. The van der Waals surface area contributed by atoms with E-state index >= 15 is 0 Å². The molecular weight excluding hydrogens is 420 g/mol. The third-order valence-corrected chi connectivity index (χ3v) is 4.80. The first-order valence-electron chi connectivity index (χ1n) is 7.36. The second-order valence-corrected chi connectivity index (χ2v) is 6.76. The highest BCUT2D eigenvalue weighted by molar-refractivity contribution is 6.43. The number of furan rings is 1. The molecule has 1 N–H and O–H groups in total. The Morgan fingerprint density at radius 1 is 0.923 bits per heavy atom. The number of nitrogens with one attached hydrogen (secondary N) is 1. The van der Waals surface area contributed by atoms with Gasteiger partial charge < -0.3 is 14.5 Å². The van der Waals surface area contributed by atoms with E-state index in [1.54, 1.807) is 42.5 Å². The summed E-state index contributed by atoms with van der Waals surface area (Å²) in [6.07, 6.45) is 0. The van der Waals surface area contributed by atoms with Crippen LogP contribution in [0.15, 0.2) is 52.9 Å². The van der Waals surface area contributed by atoms with Crippen LogP contribution >= 0.6 is 46.4 Å². The van der Waals surface area contributed by atoms with Crippen LogP contribution < -0.4 is 10.1 Å². The molecule has 0 aliphatic rings. The molecule has 8 heteroatoms. The molecule has 26 heavy (non-hydrogen) atoms. The number of para-hydroxylation sites is 1. The Morgan fingerprint density at radius 3 is 2.31 bits per heavy atom. The predicted octanol–water partition coefficient (Wildman–Crippen LogP) is 6.72. The maximum atomic E-state index is 12.3. The monoisotopic (exact) mass is 429 g/mol. The van der Waals surface area contributed by atoms with E-state index in [4.69, 9.17) is 55.6 Å². The van der Waals surface area contributed by atoms with E-state index in [9.17, 15) is 4.79 Å². The standard InChI is InChI=1S/C18H11Cl4NO3/c19-11-3-2-6-14(16(11)22)25-9-10-7-8-15(26-10)18(24)23-17-12(20)4-1-5-13(17)21/h1-8H,9H2,(H,23,24). The molecule has 1 aromatic heterocycles. The van der Waals surface area contributed by atoms with Gasteiger partial charge in [0.25, 0.3) is 5.91 Å². The van der Waals surface area contributed by atoms with Crippen LogP contribution in [-0.4, -0.2) is 5.91 Å². The molecule has 3 aromatic rings. The second kappa shape index (κ2) is 8.23. The summed E-state index contributed by atoms with van der Waals surface area (Å²) >= 11 is 24.1. The van der Waals surface area contributed by atoms with Crippen molar-refractivity contribution in [2.45, 2.75) is 6.61 Å². The van der Waals surface area contributed by atoms with Gasteiger partial charge in [0.05, 0.1) is 20.8 Å². The van der Waals surface area contributed by atoms with Crippen molar-refractivity contribution < 1.29 is 13.9 Å². The first-order chi connectivity index (χ1) is 12.5. The fourth-order valence-corrected chi connectivity index (χ4v) is 2.95. The van der Waals surface area contributed by atoms with Crippen LogP contribution in [0.4, 0.5) is 5.69 Å². The fourth-order valence-electron chi connectivity index (χ4n) is 2.11.